The minimum absolute atomic E-state index is 0.0399. The number of methoxy groups -OCH3 is 1. The monoisotopic (exact) mass is 248 g/mol. The van der Waals surface area contributed by atoms with Gasteiger partial charge in [-0.2, -0.15) is 0 Å². The van der Waals surface area contributed by atoms with E-state index in [1.165, 1.54) is 13.4 Å². The lowest BCUT2D eigenvalue weighted by molar-refractivity contribution is 0.413. The molecule has 2 aromatic rings. The third kappa shape index (κ3) is 2.37. The van der Waals surface area contributed by atoms with Crippen LogP contribution < -0.4 is 15.8 Å². The zero-order valence-corrected chi connectivity index (χ0v) is 10.6. The summed E-state index contributed by atoms with van der Waals surface area (Å²) in [5.74, 6) is 2.98. The number of furan rings is 1. The van der Waals surface area contributed by atoms with E-state index in [4.69, 9.17) is 14.9 Å². The molecule has 0 saturated heterocycles. The number of nitrogens with two attached hydrogens (primary N) is 1. The molecule has 0 saturated carbocycles. The van der Waals surface area contributed by atoms with Gasteiger partial charge in [-0.3, -0.25) is 0 Å². The molecule has 0 amide bonds. The molecule has 6 heteroatoms. The molecular formula is C12H16N4O2. The minimum Gasteiger partial charge on any atom is -0.490 e. The summed E-state index contributed by atoms with van der Waals surface area (Å²) in [5, 5.41) is 3.18. The fourth-order valence-corrected chi connectivity index (χ4v) is 1.65. The molecule has 0 aliphatic heterocycles. The van der Waals surface area contributed by atoms with Crippen molar-refractivity contribution in [2.24, 2.45) is 0 Å². The van der Waals surface area contributed by atoms with Crippen molar-refractivity contribution in [2.75, 3.05) is 18.2 Å². The minimum atomic E-state index is -0.0399. The van der Waals surface area contributed by atoms with E-state index in [2.05, 4.69) is 15.3 Å². The molecular weight excluding hydrogens is 232 g/mol. The third-order valence-corrected chi connectivity index (χ3v) is 2.58. The van der Waals surface area contributed by atoms with Gasteiger partial charge in [0, 0.05) is 0 Å². The molecule has 18 heavy (non-hydrogen) atoms. The van der Waals surface area contributed by atoms with Gasteiger partial charge in [0.15, 0.2) is 11.6 Å². The zero-order chi connectivity index (χ0) is 13.1. The van der Waals surface area contributed by atoms with E-state index in [0.717, 1.165) is 11.5 Å². The molecule has 1 unspecified atom stereocenters. The van der Waals surface area contributed by atoms with Crippen LogP contribution in [0, 0.1) is 6.92 Å². The van der Waals surface area contributed by atoms with Crippen LogP contribution in [0.3, 0.4) is 0 Å². The maximum atomic E-state index is 5.71. The average Bonchev–Trinajstić information content (AvgIpc) is 2.76. The topological polar surface area (TPSA) is 86.2 Å². The predicted molar refractivity (Wildman–Crippen MR) is 68.5 cm³/mol. The van der Waals surface area contributed by atoms with Gasteiger partial charge in [0.2, 0.25) is 5.75 Å². The van der Waals surface area contributed by atoms with Gasteiger partial charge in [0.25, 0.3) is 0 Å². The number of aryl methyl sites for hydroxylation is 1. The number of aromatic nitrogens is 2. The van der Waals surface area contributed by atoms with Crippen molar-refractivity contribution in [1.82, 2.24) is 9.97 Å². The molecule has 2 rings (SSSR count). The third-order valence-electron chi connectivity index (χ3n) is 2.58. The largest absolute Gasteiger partial charge is 0.490 e. The summed E-state index contributed by atoms with van der Waals surface area (Å²) in [6.45, 7) is 3.87. The Balaban J connectivity index is 2.21. The smallest absolute Gasteiger partial charge is 0.203 e. The van der Waals surface area contributed by atoms with Crippen LogP contribution in [0.25, 0.3) is 0 Å². The second-order valence-corrected chi connectivity index (χ2v) is 3.96. The molecule has 2 aromatic heterocycles. The van der Waals surface area contributed by atoms with Crippen LogP contribution >= 0.6 is 0 Å². The summed E-state index contributed by atoms with van der Waals surface area (Å²) in [4.78, 5) is 7.99. The van der Waals surface area contributed by atoms with Crippen molar-refractivity contribution in [3.8, 4) is 5.75 Å². The molecule has 1 atom stereocenters. The van der Waals surface area contributed by atoms with Crippen LogP contribution in [0.2, 0.25) is 0 Å². The average molecular weight is 248 g/mol. The van der Waals surface area contributed by atoms with Gasteiger partial charge in [0.05, 0.1) is 13.2 Å². The highest BCUT2D eigenvalue weighted by atomic mass is 16.5. The Kier molecular flexibility index (Phi) is 3.36. The summed E-state index contributed by atoms with van der Waals surface area (Å²) < 4.78 is 10.7. The molecule has 0 fully saturated rings. The number of rotatable bonds is 4. The number of ether oxygens (including phenoxy) is 1. The second kappa shape index (κ2) is 4.95. The zero-order valence-electron chi connectivity index (χ0n) is 10.6. The number of anilines is 2. The Morgan fingerprint density at radius 3 is 2.78 bits per heavy atom. The van der Waals surface area contributed by atoms with Crippen molar-refractivity contribution in [1.29, 1.82) is 0 Å². The van der Waals surface area contributed by atoms with Gasteiger partial charge < -0.3 is 20.2 Å². The van der Waals surface area contributed by atoms with Crippen LogP contribution in [0.4, 0.5) is 11.6 Å². The lowest BCUT2D eigenvalue weighted by Gasteiger charge is -2.15. The van der Waals surface area contributed by atoms with Gasteiger partial charge in [0.1, 0.15) is 17.8 Å². The Hall–Kier alpha value is -2.24. The molecule has 0 radical (unpaired) electrons. The quantitative estimate of drug-likeness (QED) is 0.862. The first-order valence-electron chi connectivity index (χ1n) is 5.59. The highest BCUT2D eigenvalue weighted by molar-refractivity contribution is 5.61. The van der Waals surface area contributed by atoms with E-state index in [9.17, 15) is 0 Å². The van der Waals surface area contributed by atoms with Gasteiger partial charge in [-0.05, 0) is 26.0 Å². The lowest BCUT2D eigenvalue weighted by Crippen LogP contribution is -2.10. The first-order valence-corrected chi connectivity index (χ1v) is 5.59. The summed E-state index contributed by atoms with van der Waals surface area (Å²) in [7, 11) is 1.53. The second-order valence-electron chi connectivity index (χ2n) is 3.96. The number of hydrogen-bond acceptors (Lipinski definition) is 6. The van der Waals surface area contributed by atoms with Crippen LogP contribution in [-0.4, -0.2) is 17.1 Å². The van der Waals surface area contributed by atoms with Crippen LogP contribution in [0.5, 0.6) is 5.75 Å². The lowest BCUT2D eigenvalue weighted by atomic mass is 10.2. The van der Waals surface area contributed by atoms with E-state index in [-0.39, 0.29) is 6.04 Å². The number of nitrogens with zero attached hydrogens (tertiary/aromatic N) is 2. The molecule has 0 aromatic carbocycles. The molecule has 0 aliphatic carbocycles. The van der Waals surface area contributed by atoms with E-state index in [0.29, 0.717) is 17.4 Å². The fraction of sp³-hybridized carbons (Fsp3) is 0.333. The number of hydrogen-bond donors (Lipinski definition) is 2. The molecule has 0 aliphatic rings. The standard InChI is InChI=1S/C12H16N4O2/c1-7-4-5-9(18-7)8(2)16-12-10(17-3)11(13)14-6-15-12/h4-6,8H,1-3H3,(H3,13,14,15,16). The van der Waals surface area contributed by atoms with E-state index in [1.54, 1.807) is 0 Å². The Morgan fingerprint density at radius 1 is 1.39 bits per heavy atom. The van der Waals surface area contributed by atoms with Crippen molar-refractivity contribution in [3.05, 3.63) is 30.0 Å². The molecule has 6 nitrogen and oxygen atoms in total. The molecule has 0 bridgehead atoms. The SMILES string of the molecule is COc1c(N)ncnc1NC(C)c1ccc(C)o1. The van der Waals surface area contributed by atoms with Gasteiger partial charge in [-0.15, -0.1) is 0 Å². The van der Waals surface area contributed by atoms with Crippen molar-refractivity contribution < 1.29 is 9.15 Å². The first-order chi connectivity index (χ1) is 8.61. The van der Waals surface area contributed by atoms with Crippen LogP contribution in [0.15, 0.2) is 22.9 Å². The van der Waals surface area contributed by atoms with Crippen LogP contribution in [0.1, 0.15) is 24.5 Å². The molecule has 3 N–H and O–H groups in total. The normalized spacial score (nSPS) is 12.2. The summed E-state index contributed by atoms with van der Waals surface area (Å²) in [5.41, 5.74) is 5.71. The Labute approximate surface area is 105 Å². The summed E-state index contributed by atoms with van der Waals surface area (Å²) in [6, 6.07) is 3.80. The molecule has 96 valence electrons. The van der Waals surface area contributed by atoms with E-state index in [1.807, 2.05) is 26.0 Å². The van der Waals surface area contributed by atoms with Gasteiger partial charge in [-0.25, -0.2) is 9.97 Å². The summed E-state index contributed by atoms with van der Waals surface area (Å²) >= 11 is 0. The van der Waals surface area contributed by atoms with E-state index >= 15 is 0 Å². The molecule has 0 spiro atoms. The first kappa shape index (κ1) is 12.2. The van der Waals surface area contributed by atoms with Crippen LogP contribution in [-0.2, 0) is 0 Å². The van der Waals surface area contributed by atoms with Crippen molar-refractivity contribution >= 4 is 11.6 Å². The highest BCUT2D eigenvalue weighted by Crippen LogP contribution is 2.29. The highest BCUT2D eigenvalue weighted by Gasteiger charge is 2.15. The maximum Gasteiger partial charge on any atom is 0.203 e. The molecule has 2 heterocycles. The fourth-order valence-electron chi connectivity index (χ4n) is 1.65. The Bertz CT molecular complexity index is 539. The van der Waals surface area contributed by atoms with Crippen molar-refractivity contribution in [2.45, 2.75) is 19.9 Å². The predicted octanol–water partition coefficient (Wildman–Crippen LogP) is 2.14. The van der Waals surface area contributed by atoms with E-state index < -0.39 is 0 Å². The summed E-state index contributed by atoms with van der Waals surface area (Å²) in [6.07, 6.45) is 1.39. The Morgan fingerprint density at radius 2 is 2.17 bits per heavy atom. The maximum absolute atomic E-state index is 5.71. The number of nitrogen functional groups attached to an aromatic ring is 1. The van der Waals surface area contributed by atoms with Crippen molar-refractivity contribution in [3.63, 3.8) is 0 Å². The van der Waals surface area contributed by atoms with Gasteiger partial charge in [-0.1, -0.05) is 0 Å². The van der Waals surface area contributed by atoms with Gasteiger partial charge >= 0.3 is 0 Å². The number of nitrogens with one attached hydrogen (secondary N) is 1.